The number of carbonyl (C=O) groups excluding carboxylic acids is 1. The van der Waals surface area contributed by atoms with Gasteiger partial charge in [0, 0.05) is 49.9 Å². The van der Waals surface area contributed by atoms with Crippen LogP contribution in [0.25, 0.3) is 0 Å². The van der Waals surface area contributed by atoms with Crippen LogP contribution in [0.4, 0.5) is 0 Å². The van der Waals surface area contributed by atoms with Crippen molar-refractivity contribution in [2.24, 2.45) is 11.8 Å². The normalized spacial score (nSPS) is 35.6. The van der Waals surface area contributed by atoms with Gasteiger partial charge in [0.1, 0.15) is 5.75 Å². The topological polar surface area (TPSA) is 79.0 Å². The van der Waals surface area contributed by atoms with Crippen LogP contribution in [0.2, 0.25) is 0 Å². The first-order chi connectivity index (χ1) is 14.6. The van der Waals surface area contributed by atoms with E-state index in [1.807, 2.05) is 6.07 Å². The third-order valence-corrected chi connectivity index (χ3v) is 7.42. The number of fused-ring (bicyclic) bond motifs is 2. The Balaban J connectivity index is 1.17. The molecule has 6 rings (SSSR count). The van der Waals surface area contributed by atoms with E-state index in [0.717, 1.165) is 50.2 Å². The van der Waals surface area contributed by atoms with Crippen LogP contribution in [-0.2, 0) is 4.79 Å². The summed E-state index contributed by atoms with van der Waals surface area (Å²) in [7, 11) is 5.36. The Morgan fingerprint density at radius 2 is 2.00 bits per heavy atom. The van der Waals surface area contributed by atoms with Gasteiger partial charge in [-0.25, -0.2) is 4.98 Å². The second-order valence-electron chi connectivity index (χ2n) is 9.34. The molecule has 8 heteroatoms. The summed E-state index contributed by atoms with van der Waals surface area (Å²) in [6.07, 6.45) is 5.92. The monoisotopic (exact) mass is 415 g/mol. The summed E-state index contributed by atoms with van der Waals surface area (Å²) in [6, 6.07) is 3.34. The Bertz CT molecular complexity index is 767. The second-order valence-corrected chi connectivity index (χ2v) is 9.34. The molecule has 164 valence electrons. The Kier molecular flexibility index (Phi) is 5.33. The predicted octanol–water partition coefficient (Wildman–Crippen LogP) is 0.990. The molecule has 2 bridgehead atoms. The molecule has 5 fully saturated rings. The minimum atomic E-state index is 0.0326. The van der Waals surface area contributed by atoms with Crippen molar-refractivity contribution in [1.29, 1.82) is 0 Å². The molecule has 1 amide bonds. The van der Waals surface area contributed by atoms with Gasteiger partial charge in [-0.1, -0.05) is 0 Å². The molecule has 8 nitrogen and oxygen atoms in total. The van der Waals surface area contributed by atoms with Crippen molar-refractivity contribution >= 4 is 5.91 Å². The van der Waals surface area contributed by atoms with Gasteiger partial charge in [0.2, 0.25) is 11.8 Å². The third kappa shape index (κ3) is 3.65. The third-order valence-electron chi connectivity index (χ3n) is 7.42. The minimum absolute atomic E-state index is 0.0326. The zero-order valence-corrected chi connectivity index (χ0v) is 18.1. The summed E-state index contributed by atoms with van der Waals surface area (Å²) < 4.78 is 11.1. The average Bonchev–Trinajstić information content (AvgIpc) is 3.42. The van der Waals surface area contributed by atoms with Crippen LogP contribution >= 0.6 is 0 Å². The van der Waals surface area contributed by atoms with Crippen molar-refractivity contribution in [2.75, 3.05) is 40.9 Å². The molecule has 4 saturated heterocycles. The largest absolute Gasteiger partial charge is 0.496 e. The fraction of sp³-hybridized carbons (Fsp3) is 0.727. The van der Waals surface area contributed by atoms with Gasteiger partial charge in [-0.15, -0.1) is 0 Å². The number of rotatable bonds is 7. The van der Waals surface area contributed by atoms with E-state index in [1.165, 1.54) is 6.42 Å². The van der Waals surface area contributed by atoms with E-state index in [0.29, 0.717) is 23.9 Å². The van der Waals surface area contributed by atoms with E-state index in [2.05, 4.69) is 32.5 Å². The summed E-state index contributed by atoms with van der Waals surface area (Å²) in [6.45, 7) is 3.35. The summed E-state index contributed by atoms with van der Waals surface area (Å²) in [5.41, 5.74) is 0.961. The Morgan fingerprint density at radius 1 is 1.23 bits per heavy atom. The number of aromatic nitrogens is 1. The molecule has 1 aliphatic carbocycles. The first-order valence-electron chi connectivity index (χ1n) is 11.1. The number of methoxy groups -OCH3 is 2. The predicted molar refractivity (Wildman–Crippen MR) is 112 cm³/mol. The summed E-state index contributed by atoms with van der Waals surface area (Å²) in [4.78, 5) is 22.0. The number of hydrogen-bond donors (Lipinski definition) is 2. The highest BCUT2D eigenvalue weighted by Crippen LogP contribution is 2.44. The molecule has 0 aromatic carbocycles. The van der Waals surface area contributed by atoms with Crippen LogP contribution in [-0.4, -0.2) is 79.8 Å². The Hall–Kier alpha value is -1.90. The van der Waals surface area contributed by atoms with E-state index in [9.17, 15) is 4.79 Å². The van der Waals surface area contributed by atoms with E-state index in [1.54, 1.807) is 20.4 Å². The van der Waals surface area contributed by atoms with Gasteiger partial charge in [0.15, 0.2) is 0 Å². The summed E-state index contributed by atoms with van der Waals surface area (Å²) in [5.74, 6) is 2.27. The van der Waals surface area contributed by atoms with Crippen LogP contribution in [0.1, 0.15) is 37.3 Å². The van der Waals surface area contributed by atoms with Crippen LogP contribution < -0.4 is 20.1 Å². The molecule has 1 saturated carbocycles. The maximum absolute atomic E-state index is 12.9. The average molecular weight is 416 g/mol. The number of carbonyl (C=O) groups is 1. The number of likely N-dealkylation sites (tertiary alicyclic amines) is 1. The van der Waals surface area contributed by atoms with E-state index in [4.69, 9.17) is 9.47 Å². The van der Waals surface area contributed by atoms with Gasteiger partial charge in [-0.2, -0.15) is 0 Å². The van der Waals surface area contributed by atoms with Gasteiger partial charge in [0.05, 0.1) is 25.9 Å². The molecule has 5 aliphatic rings. The number of ether oxygens (including phenoxy) is 2. The first-order valence-corrected chi connectivity index (χ1v) is 11.1. The first kappa shape index (κ1) is 20.0. The number of nitrogens with one attached hydrogen (secondary N) is 2. The quantitative estimate of drug-likeness (QED) is 0.688. The minimum Gasteiger partial charge on any atom is -0.496 e. The van der Waals surface area contributed by atoms with Crippen molar-refractivity contribution in [2.45, 2.75) is 50.0 Å². The highest BCUT2D eigenvalue weighted by molar-refractivity contribution is 5.81. The van der Waals surface area contributed by atoms with E-state index >= 15 is 0 Å². The van der Waals surface area contributed by atoms with Gasteiger partial charge < -0.3 is 20.1 Å². The lowest BCUT2D eigenvalue weighted by Crippen LogP contribution is -2.66. The number of pyridine rings is 1. The smallest absolute Gasteiger partial charge is 0.224 e. The maximum atomic E-state index is 12.9. The van der Waals surface area contributed by atoms with Crippen molar-refractivity contribution in [3.8, 4) is 11.6 Å². The van der Waals surface area contributed by atoms with Crippen molar-refractivity contribution < 1.29 is 14.3 Å². The van der Waals surface area contributed by atoms with E-state index in [-0.39, 0.29) is 24.0 Å². The molecule has 1 aromatic heterocycles. The Morgan fingerprint density at radius 3 is 2.70 bits per heavy atom. The highest BCUT2D eigenvalue weighted by Gasteiger charge is 2.47. The van der Waals surface area contributed by atoms with Crippen LogP contribution in [0, 0.1) is 11.8 Å². The number of hydrogen-bond acceptors (Lipinski definition) is 7. The van der Waals surface area contributed by atoms with Gasteiger partial charge in [-0.3, -0.25) is 14.6 Å². The number of piperazine rings is 1. The zero-order chi connectivity index (χ0) is 20.8. The molecular weight excluding hydrogens is 382 g/mol. The van der Waals surface area contributed by atoms with Gasteiger partial charge in [0.25, 0.3) is 0 Å². The SMILES string of the molecule is COc1ccnc(OC)c1C1CCC(NC(=O)[C@H]2C[C@@H]2CN2CC3CC(C2)N3)N1C. The zero-order valence-electron chi connectivity index (χ0n) is 18.1. The highest BCUT2D eigenvalue weighted by atomic mass is 16.5. The van der Waals surface area contributed by atoms with Gasteiger partial charge in [-0.05, 0) is 44.7 Å². The number of piperidine rings is 1. The van der Waals surface area contributed by atoms with Crippen molar-refractivity contribution in [1.82, 2.24) is 25.4 Å². The van der Waals surface area contributed by atoms with Crippen molar-refractivity contribution in [3.63, 3.8) is 0 Å². The molecule has 5 heterocycles. The second kappa shape index (κ2) is 7.98. The fourth-order valence-corrected chi connectivity index (χ4v) is 5.67. The molecule has 1 aromatic rings. The lowest BCUT2D eigenvalue weighted by Gasteiger charge is -2.48. The van der Waals surface area contributed by atoms with Crippen LogP contribution in [0.15, 0.2) is 12.3 Å². The lowest BCUT2D eigenvalue weighted by atomic mass is 9.91. The van der Waals surface area contributed by atoms with Crippen LogP contribution in [0.5, 0.6) is 11.6 Å². The van der Waals surface area contributed by atoms with E-state index < -0.39 is 0 Å². The molecule has 2 N–H and O–H groups in total. The fourth-order valence-electron chi connectivity index (χ4n) is 5.67. The summed E-state index contributed by atoms with van der Waals surface area (Å²) in [5, 5.41) is 6.88. The summed E-state index contributed by atoms with van der Waals surface area (Å²) >= 11 is 0. The Labute approximate surface area is 178 Å². The standard InChI is InChI=1S/C22H33N5O3/c1-26-17(20-18(29-2)6-7-23-22(20)30-3)4-5-19(26)25-21(28)16-8-13(16)10-27-11-14-9-15(12-27)24-14/h6-7,13-17,19,24H,4-5,8-12H2,1-3H3,(H,25,28)/t13-,14?,15?,16+,17?,19?/m1/s1. The number of nitrogens with zero attached hydrogens (tertiary/aromatic N) is 3. The van der Waals surface area contributed by atoms with Crippen molar-refractivity contribution in [3.05, 3.63) is 17.8 Å². The molecule has 6 atom stereocenters. The lowest BCUT2D eigenvalue weighted by molar-refractivity contribution is -0.124. The van der Waals surface area contributed by atoms with Gasteiger partial charge >= 0.3 is 0 Å². The van der Waals surface area contributed by atoms with Crippen LogP contribution in [0.3, 0.4) is 0 Å². The number of amides is 1. The molecule has 0 radical (unpaired) electrons. The molecule has 30 heavy (non-hydrogen) atoms. The maximum Gasteiger partial charge on any atom is 0.224 e. The molecule has 4 unspecified atom stereocenters. The molecule has 4 aliphatic heterocycles. The molecular formula is C22H33N5O3. The molecule has 0 spiro atoms.